The van der Waals surface area contributed by atoms with Crippen LogP contribution in [0.2, 0.25) is 5.28 Å². The fraction of sp³-hybridized carbons (Fsp3) is 0.455. The van der Waals surface area contributed by atoms with E-state index in [1.54, 1.807) is 6.07 Å². The first-order valence-corrected chi connectivity index (χ1v) is 5.90. The lowest BCUT2D eigenvalue weighted by molar-refractivity contribution is 0.747. The van der Waals surface area contributed by atoms with Crippen molar-refractivity contribution < 1.29 is 1.37 Å². The zero-order valence-corrected chi connectivity index (χ0v) is 9.54. The Labute approximate surface area is 100 Å². The molecule has 4 nitrogen and oxygen atoms in total. The van der Waals surface area contributed by atoms with Crippen molar-refractivity contribution in [2.45, 2.75) is 31.7 Å². The molecule has 0 spiro atoms. The maximum Gasteiger partial charge on any atom is 0.243 e. The Bertz CT molecular complexity index is 548. The minimum atomic E-state index is 0.169. The van der Waals surface area contributed by atoms with E-state index < -0.39 is 0 Å². The molecule has 16 heavy (non-hydrogen) atoms. The first-order chi connectivity index (χ1) is 8.24. The van der Waals surface area contributed by atoms with Crippen molar-refractivity contribution in [3.63, 3.8) is 0 Å². The van der Waals surface area contributed by atoms with E-state index in [9.17, 15) is 0 Å². The molecule has 1 fully saturated rings. The molecule has 2 aromatic heterocycles. The van der Waals surface area contributed by atoms with E-state index >= 15 is 0 Å². The number of halogens is 1. The van der Waals surface area contributed by atoms with Crippen molar-refractivity contribution in [2.75, 3.05) is 5.32 Å². The predicted molar refractivity (Wildman–Crippen MR) is 63.9 cm³/mol. The van der Waals surface area contributed by atoms with Crippen molar-refractivity contribution >= 4 is 22.9 Å². The zero-order valence-electron chi connectivity index (χ0n) is 9.78. The van der Waals surface area contributed by atoms with Gasteiger partial charge in [-0.05, 0) is 36.6 Å². The highest BCUT2D eigenvalue weighted by atomic mass is 35.5. The van der Waals surface area contributed by atoms with Gasteiger partial charge in [0.2, 0.25) is 5.28 Å². The molecule has 0 saturated heterocycles. The van der Waals surface area contributed by atoms with Gasteiger partial charge in [0.1, 0.15) is 5.52 Å². The van der Waals surface area contributed by atoms with E-state index in [-0.39, 0.29) is 5.28 Å². The van der Waals surface area contributed by atoms with Gasteiger partial charge in [-0.3, -0.25) is 0 Å². The van der Waals surface area contributed by atoms with Gasteiger partial charge in [-0.25, -0.2) is 4.52 Å². The van der Waals surface area contributed by atoms with E-state index in [1.165, 1.54) is 30.2 Å². The molecule has 0 atom stereocenters. The summed E-state index contributed by atoms with van der Waals surface area (Å²) in [6.07, 6.45) is 5.18. The van der Waals surface area contributed by atoms with Crippen molar-refractivity contribution in [2.24, 2.45) is 0 Å². The number of hydrogen-bond acceptors (Lipinski definition) is 3. The SMILES string of the molecule is [2H]c1ccc2c(NC3CCCC3)nc(Cl)nn12. The first-order valence-electron chi connectivity index (χ1n) is 6.02. The lowest BCUT2D eigenvalue weighted by atomic mass is 10.2. The van der Waals surface area contributed by atoms with Gasteiger partial charge in [-0.2, -0.15) is 4.98 Å². The maximum absolute atomic E-state index is 7.71. The second kappa shape index (κ2) is 3.94. The van der Waals surface area contributed by atoms with Crippen LogP contribution in [-0.2, 0) is 0 Å². The van der Waals surface area contributed by atoms with E-state index in [0.29, 0.717) is 12.2 Å². The summed E-state index contributed by atoms with van der Waals surface area (Å²) in [7, 11) is 0. The topological polar surface area (TPSA) is 42.2 Å². The van der Waals surface area contributed by atoms with Gasteiger partial charge in [-0.1, -0.05) is 12.8 Å². The number of fused-ring (bicyclic) bond motifs is 1. The summed E-state index contributed by atoms with van der Waals surface area (Å²) in [5, 5.41) is 7.58. The van der Waals surface area contributed by atoms with Crippen molar-refractivity contribution in [3.05, 3.63) is 23.6 Å². The highest BCUT2D eigenvalue weighted by Crippen LogP contribution is 2.24. The van der Waals surface area contributed by atoms with Crippen LogP contribution < -0.4 is 5.32 Å². The van der Waals surface area contributed by atoms with Crippen LogP contribution in [0.15, 0.2) is 18.3 Å². The molecule has 0 unspecified atom stereocenters. The number of hydrogen-bond donors (Lipinski definition) is 1. The number of nitrogens with zero attached hydrogens (tertiary/aromatic N) is 3. The average Bonchev–Trinajstić information content (AvgIpc) is 2.90. The summed E-state index contributed by atoms with van der Waals surface area (Å²) in [6, 6.07) is 4.00. The van der Waals surface area contributed by atoms with Gasteiger partial charge in [-0.15, -0.1) is 5.10 Å². The van der Waals surface area contributed by atoms with E-state index in [2.05, 4.69) is 15.4 Å². The second-order valence-corrected chi connectivity index (χ2v) is 4.45. The molecule has 0 radical (unpaired) electrons. The number of nitrogens with one attached hydrogen (secondary N) is 1. The Morgan fingerprint density at radius 3 is 3.12 bits per heavy atom. The molecule has 1 aliphatic carbocycles. The summed E-state index contributed by atoms with van der Waals surface area (Å²) >= 11 is 5.87. The minimum absolute atomic E-state index is 0.169. The third-order valence-electron chi connectivity index (χ3n) is 2.99. The molecule has 0 bridgehead atoms. The molecule has 0 aliphatic heterocycles. The van der Waals surface area contributed by atoms with Gasteiger partial charge in [0.05, 0.1) is 1.37 Å². The average molecular weight is 238 g/mol. The Morgan fingerprint density at radius 1 is 1.50 bits per heavy atom. The molecular formula is C11H13ClN4. The fourth-order valence-corrected chi connectivity index (χ4v) is 2.37. The molecule has 2 aromatic rings. The Morgan fingerprint density at radius 2 is 2.31 bits per heavy atom. The van der Waals surface area contributed by atoms with Crippen LogP contribution in [-0.4, -0.2) is 20.6 Å². The molecule has 3 rings (SSSR count). The van der Waals surface area contributed by atoms with Crippen LogP contribution >= 0.6 is 11.6 Å². The van der Waals surface area contributed by atoms with Crippen LogP contribution in [0.3, 0.4) is 0 Å². The number of rotatable bonds is 2. The molecular weight excluding hydrogens is 224 g/mol. The summed E-state index contributed by atoms with van der Waals surface area (Å²) in [5.74, 6) is 0.732. The smallest absolute Gasteiger partial charge is 0.243 e. The van der Waals surface area contributed by atoms with Crippen LogP contribution in [0.4, 0.5) is 5.82 Å². The lowest BCUT2D eigenvalue weighted by Crippen LogP contribution is -2.16. The van der Waals surface area contributed by atoms with E-state index in [1.807, 2.05) is 6.07 Å². The quantitative estimate of drug-likeness (QED) is 0.873. The molecule has 5 heteroatoms. The number of anilines is 1. The Kier molecular flexibility index (Phi) is 2.17. The van der Waals surface area contributed by atoms with Crippen LogP contribution in [0.1, 0.15) is 27.1 Å². The molecule has 1 aliphatic rings. The molecule has 84 valence electrons. The standard InChI is InChI=1S/C11H13ClN4/c12-11-14-10(13-8-4-1-2-5-8)9-6-3-7-16(9)15-11/h3,6-8H,1-2,4-5H2,(H,13,14,15)/i7D. The Hall–Kier alpha value is -1.29. The predicted octanol–water partition coefficient (Wildman–Crippen LogP) is 2.74. The zero-order chi connectivity index (χ0) is 11.8. The third kappa shape index (κ3) is 1.73. The van der Waals surface area contributed by atoms with Gasteiger partial charge in [0.15, 0.2) is 5.82 Å². The number of aromatic nitrogens is 3. The summed E-state index contributed by atoms with van der Waals surface area (Å²) in [6.45, 7) is 0. The van der Waals surface area contributed by atoms with Crippen LogP contribution in [0.5, 0.6) is 0 Å². The van der Waals surface area contributed by atoms with Crippen molar-refractivity contribution in [3.8, 4) is 0 Å². The normalized spacial score (nSPS) is 17.9. The largest absolute Gasteiger partial charge is 0.365 e. The summed E-state index contributed by atoms with van der Waals surface area (Å²) < 4.78 is 9.21. The molecule has 0 aromatic carbocycles. The van der Waals surface area contributed by atoms with Crippen molar-refractivity contribution in [1.82, 2.24) is 14.6 Å². The summed E-state index contributed by atoms with van der Waals surface area (Å²) in [5.41, 5.74) is 0.811. The highest BCUT2D eigenvalue weighted by molar-refractivity contribution is 6.28. The minimum Gasteiger partial charge on any atom is -0.365 e. The molecule has 1 N–H and O–H groups in total. The van der Waals surface area contributed by atoms with E-state index in [0.717, 1.165) is 11.3 Å². The monoisotopic (exact) mass is 237 g/mol. The van der Waals surface area contributed by atoms with Crippen LogP contribution in [0, 0.1) is 0 Å². The van der Waals surface area contributed by atoms with E-state index in [4.69, 9.17) is 13.0 Å². The van der Waals surface area contributed by atoms with Gasteiger partial charge in [0.25, 0.3) is 0 Å². The molecule has 2 heterocycles. The van der Waals surface area contributed by atoms with Gasteiger partial charge >= 0.3 is 0 Å². The van der Waals surface area contributed by atoms with Crippen LogP contribution in [0.25, 0.3) is 5.52 Å². The maximum atomic E-state index is 7.71. The first kappa shape index (κ1) is 8.82. The van der Waals surface area contributed by atoms with Gasteiger partial charge < -0.3 is 5.32 Å². The Balaban J connectivity index is 2.02. The third-order valence-corrected chi connectivity index (χ3v) is 3.15. The highest BCUT2D eigenvalue weighted by Gasteiger charge is 2.16. The van der Waals surface area contributed by atoms with Gasteiger partial charge in [0, 0.05) is 12.2 Å². The van der Waals surface area contributed by atoms with Crippen molar-refractivity contribution in [1.29, 1.82) is 0 Å². The molecule has 1 saturated carbocycles. The fourth-order valence-electron chi connectivity index (χ4n) is 2.21. The summed E-state index contributed by atoms with van der Waals surface area (Å²) in [4.78, 5) is 4.22. The molecule has 0 amide bonds. The second-order valence-electron chi connectivity index (χ2n) is 4.11. The lowest BCUT2D eigenvalue weighted by Gasteiger charge is -2.13.